The number of phenols is 1. The summed E-state index contributed by atoms with van der Waals surface area (Å²) < 4.78 is 2.97. The lowest BCUT2D eigenvalue weighted by atomic mass is 10.2. The molecule has 4 rings (SSSR count). The van der Waals surface area contributed by atoms with Crippen LogP contribution in [0.15, 0.2) is 53.3 Å². The van der Waals surface area contributed by atoms with Gasteiger partial charge in [-0.15, -0.1) is 0 Å². The SMILES string of the molecule is Cc1nn(C)c(=O)n1-c1ccc(N2CCN(c3ccc(O)cc3)CC2)cc1. The molecular formula is C20H23N5O2. The number of benzene rings is 2. The fraction of sp³-hybridized carbons (Fsp3) is 0.300. The third kappa shape index (κ3) is 3.28. The molecule has 0 bridgehead atoms. The van der Waals surface area contributed by atoms with Crippen molar-refractivity contribution in [1.29, 1.82) is 0 Å². The van der Waals surface area contributed by atoms with Crippen molar-refractivity contribution in [2.24, 2.45) is 7.05 Å². The first kappa shape index (κ1) is 17.2. The second-order valence-electron chi connectivity index (χ2n) is 6.80. The molecule has 2 heterocycles. The average Bonchev–Trinajstić information content (AvgIpc) is 2.94. The van der Waals surface area contributed by atoms with Crippen LogP contribution in [0.3, 0.4) is 0 Å². The predicted octanol–water partition coefficient (Wildman–Crippen LogP) is 1.91. The van der Waals surface area contributed by atoms with Gasteiger partial charge in [0.15, 0.2) is 0 Å². The molecule has 1 aliphatic heterocycles. The fourth-order valence-electron chi connectivity index (χ4n) is 3.58. The monoisotopic (exact) mass is 365 g/mol. The van der Waals surface area contributed by atoms with E-state index in [1.165, 1.54) is 4.68 Å². The Bertz CT molecular complexity index is 981. The van der Waals surface area contributed by atoms with Gasteiger partial charge < -0.3 is 14.9 Å². The van der Waals surface area contributed by atoms with Gasteiger partial charge in [0.2, 0.25) is 0 Å². The van der Waals surface area contributed by atoms with Crippen molar-refractivity contribution in [2.75, 3.05) is 36.0 Å². The van der Waals surface area contributed by atoms with Crippen LogP contribution in [0.2, 0.25) is 0 Å². The highest BCUT2D eigenvalue weighted by atomic mass is 16.3. The van der Waals surface area contributed by atoms with E-state index in [4.69, 9.17) is 0 Å². The van der Waals surface area contributed by atoms with Gasteiger partial charge in [0.1, 0.15) is 11.6 Å². The molecule has 27 heavy (non-hydrogen) atoms. The average molecular weight is 365 g/mol. The van der Waals surface area contributed by atoms with E-state index in [0.717, 1.165) is 43.2 Å². The highest BCUT2D eigenvalue weighted by molar-refractivity contribution is 5.54. The molecule has 1 fully saturated rings. The third-order valence-electron chi connectivity index (χ3n) is 5.05. The zero-order valence-corrected chi connectivity index (χ0v) is 15.5. The van der Waals surface area contributed by atoms with E-state index < -0.39 is 0 Å². The minimum Gasteiger partial charge on any atom is -0.508 e. The van der Waals surface area contributed by atoms with E-state index in [9.17, 15) is 9.90 Å². The van der Waals surface area contributed by atoms with Gasteiger partial charge in [0.25, 0.3) is 0 Å². The second kappa shape index (κ2) is 6.83. The molecule has 0 aliphatic carbocycles. The Morgan fingerprint density at radius 3 is 1.70 bits per heavy atom. The van der Waals surface area contributed by atoms with Crippen molar-refractivity contribution < 1.29 is 5.11 Å². The summed E-state index contributed by atoms with van der Waals surface area (Å²) in [6, 6.07) is 15.4. The van der Waals surface area contributed by atoms with E-state index in [1.807, 2.05) is 31.2 Å². The largest absolute Gasteiger partial charge is 0.508 e. The quantitative estimate of drug-likeness (QED) is 0.768. The van der Waals surface area contributed by atoms with Crippen molar-refractivity contribution >= 4 is 11.4 Å². The van der Waals surface area contributed by atoms with Crippen molar-refractivity contribution in [2.45, 2.75) is 6.92 Å². The number of nitrogens with zero attached hydrogens (tertiary/aromatic N) is 5. The van der Waals surface area contributed by atoms with Crippen LogP contribution >= 0.6 is 0 Å². The summed E-state index contributed by atoms with van der Waals surface area (Å²) in [7, 11) is 1.66. The highest BCUT2D eigenvalue weighted by Gasteiger charge is 2.18. The lowest BCUT2D eigenvalue weighted by Gasteiger charge is -2.37. The molecular weight excluding hydrogens is 342 g/mol. The minimum absolute atomic E-state index is 0.136. The van der Waals surface area contributed by atoms with Crippen molar-refractivity contribution in [3.05, 3.63) is 64.8 Å². The topological polar surface area (TPSA) is 66.5 Å². The molecule has 7 nitrogen and oxygen atoms in total. The summed E-state index contributed by atoms with van der Waals surface area (Å²) in [6.45, 7) is 5.53. The Balaban J connectivity index is 1.46. The summed E-state index contributed by atoms with van der Waals surface area (Å²) in [5.74, 6) is 0.971. The molecule has 1 aromatic heterocycles. The lowest BCUT2D eigenvalue weighted by Crippen LogP contribution is -2.46. The van der Waals surface area contributed by atoms with Crippen LogP contribution in [-0.2, 0) is 7.05 Å². The lowest BCUT2D eigenvalue weighted by molar-refractivity contribution is 0.475. The highest BCUT2D eigenvalue weighted by Crippen LogP contribution is 2.23. The molecule has 2 aromatic carbocycles. The maximum Gasteiger partial charge on any atom is 0.350 e. The van der Waals surface area contributed by atoms with Crippen LogP contribution < -0.4 is 15.5 Å². The number of aromatic hydroxyl groups is 1. The Morgan fingerprint density at radius 2 is 1.26 bits per heavy atom. The Labute approximate surface area is 157 Å². The molecule has 0 saturated carbocycles. The number of rotatable bonds is 3. The molecule has 3 aromatic rings. The molecule has 0 radical (unpaired) electrons. The van der Waals surface area contributed by atoms with Gasteiger partial charge in [0.05, 0.1) is 5.69 Å². The number of aryl methyl sites for hydroxylation is 2. The molecule has 0 atom stereocenters. The van der Waals surface area contributed by atoms with E-state index in [2.05, 4.69) is 27.0 Å². The summed E-state index contributed by atoms with van der Waals surface area (Å²) in [5, 5.41) is 13.6. The van der Waals surface area contributed by atoms with Crippen molar-refractivity contribution in [3.63, 3.8) is 0 Å². The van der Waals surface area contributed by atoms with E-state index in [1.54, 1.807) is 23.7 Å². The van der Waals surface area contributed by atoms with Gasteiger partial charge in [-0.05, 0) is 55.5 Å². The van der Waals surface area contributed by atoms with Crippen LogP contribution in [0.25, 0.3) is 5.69 Å². The van der Waals surface area contributed by atoms with E-state index >= 15 is 0 Å². The minimum atomic E-state index is -0.136. The molecule has 1 saturated heterocycles. The first-order valence-electron chi connectivity index (χ1n) is 9.05. The Kier molecular flexibility index (Phi) is 4.35. The smallest absolute Gasteiger partial charge is 0.350 e. The molecule has 0 unspecified atom stereocenters. The normalized spacial score (nSPS) is 14.6. The number of piperazine rings is 1. The predicted molar refractivity (Wildman–Crippen MR) is 106 cm³/mol. The molecule has 7 heteroatoms. The third-order valence-corrected chi connectivity index (χ3v) is 5.05. The molecule has 0 spiro atoms. The zero-order valence-electron chi connectivity index (χ0n) is 15.5. The number of hydrogen-bond donors (Lipinski definition) is 1. The number of anilines is 2. The fourth-order valence-corrected chi connectivity index (χ4v) is 3.58. The molecule has 140 valence electrons. The van der Waals surface area contributed by atoms with Crippen LogP contribution in [0.4, 0.5) is 11.4 Å². The molecule has 1 aliphatic rings. The van der Waals surface area contributed by atoms with Crippen LogP contribution in [-0.4, -0.2) is 45.6 Å². The molecule has 1 N–H and O–H groups in total. The summed E-state index contributed by atoms with van der Waals surface area (Å²) in [5.41, 5.74) is 2.98. The van der Waals surface area contributed by atoms with Gasteiger partial charge in [-0.2, -0.15) is 5.10 Å². The maximum atomic E-state index is 12.2. The summed E-state index contributed by atoms with van der Waals surface area (Å²) in [6.07, 6.45) is 0. The van der Waals surface area contributed by atoms with Gasteiger partial charge in [0, 0.05) is 44.6 Å². The van der Waals surface area contributed by atoms with Crippen molar-refractivity contribution in [1.82, 2.24) is 14.3 Å². The molecule has 0 amide bonds. The Morgan fingerprint density at radius 1 is 0.815 bits per heavy atom. The first-order chi connectivity index (χ1) is 13.0. The summed E-state index contributed by atoms with van der Waals surface area (Å²) >= 11 is 0. The van der Waals surface area contributed by atoms with Crippen LogP contribution in [0.1, 0.15) is 5.82 Å². The Hall–Kier alpha value is -3.22. The van der Waals surface area contributed by atoms with Crippen molar-refractivity contribution in [3.8, 4) is 11.4 Å². The van der Waals surface area contributed by atoms with E-state index in [-0.39, 0.29) is 5.69 Å². The van der Waals surface area contributed by atoms with Gasteiger partial charge in [-0.25, -0.2) is 14.0 Å². The van der Waals surface area contributed by atoms with Gasteiger partial charge in [-0.3, -0.25) is 0 Å². The zero-order chi connectivity index (χ0) is 19.0. The number of aromatic nitrogens is 3. The maximum absolute atomic E-state index is 12.2. The standard InChI is InChI=1S/C20H23N5O2/c1-15-21-22(2)20(27)25(15)18-5-3-16(4-6-18)23-11-13-24(14-12-23)17-7-9-19(26)10-8-17/h3-10,26H,11-14H2,1-2H3. The van der Waals surface area contributed by atoms with Crippen LogP contribution in [0, 0.1) is 6.92 Å². The van der Waals surface area contributed by atoms with Crippen LogP contribution in [0.5, 0.6) is 5.75 Å². The second-order valence-corrected chi connectivity index (χ2v) is 6.80. The number of phenolic OH excluding ortho intramolecular Hbond substituents is 1. The first-order valence-corrected chi connectivity index (χ1v) is 9.05. The van der Waals surface area contributed by atoms with Gasteiger partial charge in [-0.1, -0.05) is 0 Å². The van der Waals surface area contributed by atoms with E-state index in [0.29, 0.717) is 11.6 Å². The number of hydrogen-bond acceptors (Lipinski definition) is 5. The van der Waals surface area contributed by atoms with Gasteiger partial charge >= 0.3 is 5.69 Å². The summed E-state index contributed by atoms with van der Waals surface area (Å²) in [4.78, 5) is 16.9.